The van der Waals surface area contributed by atoms with Gasteiger partial charge in [-0.3, -0.25) is 0 Å². The number of hydrogen-bond acceptors (Lipinski definition) is 3. The fraction of sp³-hybridized carbons (Fsp3) is 0.429. The minimum atomic E-state index is -0.211. The van der Waals surface area contributed by atoms with Gasteiger partial charge in [-0.2, -0.15) is 0 Å². The van der Waals surface area contributed by atoms with Crippen LogP contribution in [0.3, 0.4) is 0 Å². The molecule has 3 rings (SSSR count). The van der Waals surface area contributed by atoms with Gasteiger partial charge in [-0.1, -0.05) is 22.2 Å². The van der Waals surface area contributed by atoms with Crippen molar-refractivity contribution in [1.29, 1.82) is 0 Å². The molecule has 1 saturated carbocycles. The van der Waals surface area contributed by atoms with Crippen molar-refractivity contribution in [3.8, 4) is 0 Å². The Morgan fingerprint density at radius 1 is 1.32 bits per heavy atom. The predicted octanol–water partition coefficient (Wildman–Crippen LogP) is 4.38. The lowest BCUT2D eigenvalue weighted by Crippen LogP contribution is -1.95. The highest BCUT2D eigenvalue weighted by Crippen LogP contribution is 2.41. The molecule has 2 aromatic rings. The van der Waals surface area contributed by atoms with Gasteiger partial charge >= 0.3 is 0 Å². The molecule has 5 heteroatoms. The fourth-order valence-corrected chi connectivity index (χ4v) is 3.27. The molecule has 2 nitrogen and oxygen atoms in total. The topological polar surface area (TPSA) is 25.8 Å². The lowest BCUT2D eigenvalue weighted by molar-refractivity contribution is 0.604. The molecule has 1 aromatic heterocycles. The summed E-state index contributed by atoms with van der Waals surface area (Å²) in [6, 6.07) is 4.84. The van der Waals surface area contributed by atoms with Gasteiger partial charge in [0.1, 0.15) is 5.82 Å². The first-order chi connectivity index (χ1) is 9.25. The predicted molar refractivity (Wildman–Crippen MR) is 75.3 cm³/mol. The van der Waals surface area contributed by atoms with Gasteiger partial charge in [0.2, 0.25) is 0 Å². The molecule has 0 unspecified atom stereocenters. The van der Waals surface area contributed by atoms with E-state index in [2.05, 4.69) is 9.59 Å². The minimum absolute atomic E-state index is 0.211. The maximum absolute atomic E-state index is 13.6. The van der Waals surface area contributed by atoms with Crippen molar-refractivity contribution in [2.24, 2.45) is 0 Å². The monoisotopic (exact) mass is 296 g/mol. The first kappa shape index (κ1) is 13.0. The highest BCUT2D eigenvalue weighted by molar-refractivity contribution is 7.05. The number of aromatic nitrogens is 2. The van der Waals surface area contributed by atoms with Crippen LogP contribution in [0.2, 0.25) is 5.02 Å². The van der Waals surface area contributed by atoms with Crippen LogP contribution in [0.15, 0.2) is 18.2 Å². The Bertz CT molecular complexity index is 560. The Morgan fingerprint density at radius 2 is 2.16 bits per heavy atom. The molecular weight excluding hydrogens is 283 g/mol. The van der Waals surface area contributed by atoms with Crippen molar-refractivity contribution in [3.63, 3.8) is 0 Å². The molecule has 0 bridgehead atoms. The van der Waals surface area contributed by atoms with Crippen LogP contribution in [-0.4, -0.2) is 9.59 Å². The van der Waals surface area contributed by atoms with Crippen LogP contribution >= 0.6 is 23.1 Å². The van der Waals surface area contributed by atoms with Crippen LogP contribution in [0.25, 0.3) is 0 Å². The summed E-state index contributed by atoms with van der Waals surface area (Å²) in [4.78, 5) is 1.26. The van der Waals surface area contributed by atoms with E-state index in [0.29, 0.717) is 22.9 Å². The van der Waals surface area contributed by atoms with Crippen molar-refractivity contribution < 1.29 is 4.39 Å². The number of benzene rings is 1. The van der Waals surface area contributed by atoms with Gasteiger partial charge in [0.15, 0.2) is 0 Å². The van der Waals surface area contributed by atoms with Crippen molar-refractivity contribution >= 4 is 23.1 Å². The number of nitrogens with zero attached hydrogens (tertiary/aromatic N) is 2. The zero-order chi connectivity index (χ0) is 13.2. The van der Waals surface area contributed by atoms with E-state index in [4.69, 9.17) is 11.6 Å². The molecule has 0 N–H and O–H groups in total. The lowest BCUT2D eigenvalue weighted by Gasteiger charge is -2.05. The van der Waals surface area contributed by atoms with E-state index in [-0.39, 0.29) is 5.82 Å². The third kappa shape index (κ3) is 2.95. The zero-order valence-electron chi connectivity index (χ0n) is 10.4. The normalized spacial score (nSPS) is 14.8. The maximum Gasteiger partial charge on any atom is 0.127 e. The van der Waals surface area contributed by atoms with Crippen molar-refractivity contribution in [2.45, 2.75) is 38.0 Å². The summed E-state index contributed by atoms with van der Waals surface area (Å²) in [5.74, 6) is 0.420. The highest BCUT2D eigenvalue weighted by atomic mass is 35.5. The van der Waals surface area contributed by atoms with Crippen LogP contribution in [-0.2, 0) is 12.8 Å². The van der Waals surface area contributed by atoms with Crippen molar-refractivity contribution in [3.05, 3.63) is 45.2 Å². The van der Waals surface area contributed by atoms with Gasteiger partial charge in [0.05, 0.1) is 5.69 Å². The summed E-state index contributed by atoms with van der Waals surface area (Å²) in [7, 11) is 0. The average molecular weight is 297 g/mol. The van der Waals surface area contributed by atoms with Crippen molar-refractivity contribution in [2.75, 3.05) is 0 Å². The summed E-state index contributed by atoms with van der Waals surface area (Å²) in [5.41, 5.74) is 1.79. The summed E-state index contributed by atoms with van der Waals surface area (Å²) in [6.45, 7) is 0. The van der Waals surface area contributed by atoms with Crippen LogP contribution < -0.4 is 0 Å². The molecule has 0 radical (unpaired) electrons. The smallest absolute Gasteiger partial charge is 0.127 e. The Morgan fingerprint density at radius 3 is 2.89 bits per heavy atom. The van der Waals surface area contributed by atoms with Gasteiger partial charge in [0, 0.05) is 21.4 Å². The molecule has 1 aromatic carbocycles. The van der Waals surface area contributed by atoms with Gasteiger partial charge in [-0.25, -0.2) is 4.39 Å². The van der Waals surface area contributed by atoms with E-state index in [9.17, 15) is 4.39 Å². The summed E-state index contributed by atoms with van der Waals surface area (Å²) < 4.78 is 17.7. The molecule has 0 atom stereocenters. The SMILES string of the molecule is Fc1cccc(Cl)c1CCCc1snnc1C1CC1. The third-order valence-corrected chi connectivity index (χ3v) is 4.59. The third-order valence-electron chi connectivity index (χ3n) is 3.44. The zero-order valence-corrected chi connectivity index (χ0v) is 12.0. The van der Waals surface area contributed by atoms with E-state index < -0.39 is 0 Å². The van der Waals surface area contributed by atoms with E-state index in [1.54, 1.807) is 12.1 Å². The number of rotatable bonds is 5. The second-order valence-electron chi connectivity index (χ2n) is 4.91. The Hall–Kier alpha value is -1.00. The quantitative estimate of drug-likeness (QED) is 0.818. The van der Waals surface area contributed by atoms with Crippen LogP contribution in [0, 0.1) is 5.82 Å². The van der Waals surface area contributed by atoms with E-state index >= 15 is 0 Å². The summed E-state index contributed by atoms with van der Waals surface area (Å²) >= 11 is 7.49. The second-order valence-corrected chi connectivity index (χ2v) is 6.16. The van der Waals surface area contributed by atoms with Crippen LogP contribution in [0.4, 0.5) is 4.39 Å². The van der Waals surface area contributed by atoms with E-state index in [0.717, 1.165) is 12.8 Å². The lowest BCUT2D eigenvalue weighted by atomic mass is 10.1. The van der Waals surface area contributed by atoms with Crippen molar-refractivity contribution in [1.82, 2.24) is 9.59 Å². The standard InChI is InChI=1S/C14H14ClFN2S/c15-11-4-2-5-12(16)10(11)3-1-6-13-14(9-7-8-9)17-18-19-13/h2,4-5,9H,1,3,6-8H2. The Labute approximate surface area is 120 Å². The summed E-state index contributed by atoms with van der Waals surface area (Å²) in [5, 5.41) is 4.73. The molecule has 1 aliphatic carbocycles. The molecule has 100 valence electrons. The first-order valence-electron chi connectivity index (χ1n) is 6.49. The molecule has 1 heterocycles. The largest absolute Gasteiger partial charge is 0.207 e. The second kappa shape index (κ2) is 5.55. The molecule has 0 amide bonds. The van der Waals surface area contributed by atoms with E-state index in [1.807, 2.05) is 0 Å². The first-order valence-corrected chi connectivity index (χ1v) is 7.65. The molecule has 0 spiro atoms. The maximum atomic E-state index is 13.6. The Kier molecular flexibility index (Phi) is 3.80. The molecule has 0 aliphatic heterocycles. The molecule has 1 fully saturated rings. The van der Waals surface area contributed by atoms with E-state index in [1.165, 1.54) is 41.0 Å². The summed E-state index contributed by atoms with van der Waals surface area (Å²) in [6.07, 6.45) is 4.92. The van der Waals surface area contributed by atoms with Gasteiger partial charge < -0.3 is 0 Å². The average Bonchev–Trinajstić information content (AvgIpc) is 3.13. The molecule has 19 heavy (non-hydrogen) atoms. The molecular formula is C14H14ClFN2S. The highest BCUT2D eigenvalue weighted by Gasteiger charge is 2.28. The number of hydrogen-bond donors (Lipinski definition) is 0. The molecule has 0 saturated heterocycles. The van der Waals surface area contributed by atoms with Crippen LogP contribution in [0.1, 0.15) is 41.3 Å². The number of aryl methyl sites for hydroxylation is 1. The molecule has 1 aliphatic rings. The van der Waals surface area contributed by atoms with Crippen LogP contribution in [0.5, 0.6) is 0 Å². The number of halogens is 2. The minimum Gasteiger partial charge on any atom is -0.207 e. The Balaban J connectivity index is 1.62. The fourth-order valence-electron chi connectivity index (χ4n) is 2.25. The van der Waals surface area contributed by atoms with Gasteiger partial charge in [-0.15, -0.1) is 5.10 Å². The van der Waals surface area contributed by atoms with Gasteiger partial charge in [-0.05, 0) is 55.8 Å². The van der Waals surface area contributed by atoms with Gasteiger partial charge in [0.25, 0.3) is 0 Å².